The molecule has 0 radical (unpaired) electrons. The largest absolute Gasteiger partial charge is 0.319 e. The van der Waals surface area contributed by atoms with Crippen LogP contribution >= 0.6 is 23.2 Å². The lowest BCUT2D eigenvalue weighted by atomic mass is 9.69. The zero-order valence-electron chi connectivity index (χ0n) is 11.4. The molecule has 0 spiro atoms. The second-order valence-electron chi connectivity index (χ2n) is 6.35. The highest BCUT2D eigenvalue weighted by atomic mass is 35.5. The second kappa shape index (κ2) is 5.27. The average molecular weight is 298 g/mol. The molecule has 1 aromatic carbocycles. The van der Waals surface area contributed by atoms with Gasteiger partial charge in [-0.2, -0.15) is 0 Å². The summed E-state index contributed by atoms with van der Waals surface area (Å²) in [5.74, 6) is 1.77. The van der Waals surface area contributed by atoms with E-state index in [0.29, 0.717) is 5.41 Å². The van der Waals surface area contributed by atoms with Crippen molar-refractivity contribution in [3.8, 4) is 0 Å². The fourth-order valence-corrected chi connectivity index (χ4v) is 4.99. The van der Waals surface area contributed by atoms with E-state index in [4.69, 9.17) is 23.2 Å². The van der Waals surface area contributed by atoms with Crippen LogP contribution in [0.5, 0.6) is 0 Å². The third-order valence-corrected chi connectivity index (χ3v) is 5.93. The molecular formula is C16H21Cl2N. The Labute approximate surface area is 125 Å². The van der Waals surface area contributed by atoms with Crippen LogP contribution < -0.4 is 5.32 Å². The molecule has 1 aromatic rings. The van der Waals surface area contributed by atoms with Crippen LogP contribution in [0.25, 0.3) is 0 Å². The third kappa shape index (κ3) is 2.41. The Morgan fingerprint density at radius 1 is 1.26 bits per heavy atom. The molecule has 1 nitrogen and oxygen atoms in total. The number of benzene rings is 1. The molecule has 2 aliphatic carbocycles. The number of fused-ring (bicyclic) bond motifs is 2. The van der Waals surface area contributed by atoms with Crippen molar-refractivity contribution >= 4 is 23.2 Å². The molecule has 0 heterocycles. The molecule has 2 saturated carbocycles. The molecule has 3 unspecified atom stereocenters. The highest BCUT2D eigenvalue weighted by Gasteiger charge is 2.50. The molecule has 2 bridgehead atoms. The van der Waals surface area contributed by atoms with Gasteiger partial charge in [-0.3, -0.25) is 0 Å². The Balaban J connectivity index is 1.90. The van der Waals surface area contributed by atoms with E-state index in [-0.39, 0.29) is 0 Å². The first-order valence-electron chi connectivity index (χ1n) is 7.22. The van der Waals surface area contributed by atoms with Crippen LogP contribution in [0.1, 0.15) is 31.2 Å². The Bertz CT molecular complexity index is 454. The molecule has 19 heavy (non-hydrogen) atoms. The van der Waals surface area contributed by atoms with E-state index in [2.05, 4.69) is 12.4 Å². The summed E-state index contributed by atoms with van der Waals surface area (Å²) in [5.41, 5.74) is 1.51. The predicted octanol–water partition coefficient (Wildman–Crippen LogP) is 4.56. The number of halogens is 2. The number of nitrogens with one attached hydrogen (secondary N) is 1. The van der Waals surface area contributed by atoms with E-state index >= 15 is 0 Å². The Morgan fingerprint density at radius 3 is 2.53 bits per heavy atom. The van der Waals surface area contributed by atoms with Crippen molar-refractivity contribution < 1.29 is 0 Å². The summed E-state index contributed by atoms with van der Waals surface area (Å²) in [4.78, 5) is 0. The van der Waals surface area contributed by atoms with Gasteiger partial charge in [0, 0.05) is 16.6 Å². The lowest BCUT2D eigenvalue weighted by molar-refractivity contribution is 0.160. The summed E-state index contributed by atoms with van der Waals surface area (Å²) < 4.78 is 0. The molecule has 1 N–H and O–H groups in total. The highest BCUT2D eigenvalue weighted by molar-refractivity contribution is 6.36. The molecule has 3 heteroatoms. The quantitative estimate of drug-likeness (QED) is 0.859. The predicted molar refractivity (Wildman–Crippen MR) is 82.0 cm³/mol. The van der Waals surface area contributed by atoms with Gasteiger partial charge in [0.1, 0.15) is 0 Å². The molecule has 0 aliphatic heterocycles. The van der Waals surface area contributed by atoms with Crippen molar-refractivity contribution in [3.05, 3.63) is 33.8 Å². The van der Waals surface area contributed by atoms with E-state index in [9.17, 15) is 0 Å². The van der Waals surface area contributed by atoms with Crippen molar-refractivity contribution in [1.82, 2.24) is 5.32 Å². The zero-order valence-corrected chi connectivity index (χ0v) is 12.9. The Hall–Kier alpha value is -0.240. The maximum Gasteiger partial charge on any atom is 0.0453 e. The summed E-state index contributed by atoms with van der Waals surface area (Å²) >= 11 is 12.7. The SMILES string of the molecule is CNCC1(Cc2c(Cl)cccc2Cl)CC2CCC1C2. The minimum atomic E-state index is 0.367. The van der Waals surface area contributed by atoms with Crippen LogP contribution in [0.15, 0.2) is 18.2 Å². The summed E-state index contributed by atoms with van der Waals surface area (Å²) in [6.07, 6.45) is 6.57. The molecule has 3 rings (SSSR count). The average Bonchev–Trinajstić information content (AvgIpc) is 2.95. The molecule has 3 atom stereocenters. The van der Waals surface area contributed by atoms with Gasteiger partial charge in [0.15, 0.2) is 0 Å². The maximum atomic E-state index is 6.37. The monoisotopic (exact) mass is 297 g/mol. The molecule has 0 amide bonds. The van der Waals surface area contributed by atoms with E-state index in [0.717, 1.165) is 40.4 Å². The normalized spacial score (nSPS) is 33.0. The standard InChI is InChI=1S/C16H21Cl2N/c1-19-10-16(8-11-5-6-12(16)7-11)9-13-14(17)3-2-4-15(13)18/h2-4,11-12,19H,5-10H2,1H3. The van der Waals surface area contributed by atoms with Crippen molar-refractivity contribution in [2.75, 3.05) is 13.6 Å². The van der Waals surface area contributed by atoms with Gasteiger partial charge in [-0.15, -0.1) is 0 Å². The summed E-state index contributed by atoms with van der Waals surface area (Å²) in [5, 5.41) is 5.06. The van der Waals surface area contributed by atoms with Gasteiger partial charge in [-0.25, -0.2) is 0 Å². The van der Waals surface area contributed by atoms with E-state index in [1.807, 2.05) is 18.2 Å². The van der Waals surface area contributed by atoms with Gasteiger partial charge in [0.25, 0.3) is 0 Å². The van der Waals surface area contributed by atoms with E-state index in [1.165, 1.54) is 25.7 Å². The molecule has 104 valence electrons. The van der Waals surface area contributed by atoms with Crippen LogP contribution in [0.4, 0.5) is 0 Å². The minimum Gasteiger partial charge on any atom is -0.319 e. The van der Waals surface area contributed by atoms with Crippen LogP contribution in [-0.2, 0) is 6.42 Å². The fourth-order valence-electron chi connectivity index (χ4n) is 4.46. The van der Waals surface area contributed by atoms with Gasteiger partial charge in [0.05, 0.1) is 0 Å². The Kier molecular flexibility index (Phi) is 3.81. The smallest absolute Gasteiger partial charge is 0.0453 e. The van der Waals surface area contributed by atoms with Crippen molar-refractivity contribution in [2.45, 2.75) is 32.1 Å². The van der Waals surface area contributed by atoms with Crippen LogP contribution in [0, 0.1) is 17.3 Å². The van der Waals surface area contributed by atoms with Crippen molar-refractivity contribution in [3.63, 3.8) is 0 Å². The molecular weight excluding hydrogens is 277 g/mol. The van der Waals surface area contributed by atoms with Gasteiger partial charge >= 0.3 is 0 Å². The number of hydrogen-bond acceptors (Lipinski definition) is 1. The first-order chi connectivity index (χ1) is 9.14. The molecule has 0 aromatic heterocycles. The third-order valence-electron chi connectivity index (χ3n) is 5.22. The minimum absolute atomic E-state index is 0.367. The number of hydrogen-bond donors (Lipinski definition) is 1. The van der Waals surface area contributed by atoms with E-state index in [1.54, 1.807) is 0 Å². The number of rotatable bonds is 4. The second-order valence-corrected chi connectivity index (χ2v) is 7.16. The fraction of sp³-hybridized carbons (Fsp3) is 0.625. The van der Waals surface area contributed by atoms with Gasteiger partial charge in [-0.05, 0) is 67.7 Å². The lowest BCUT2D eigenvalue weighted by Crippen LogP contribution is -2.39. The molecule has 2 fully saturated rings. The summed E-state index contributed by atoms with van der Waals surface area (Å²) in [6.45, 7) is 1.08. The zero-order chi connectivity index (χ0) is 13.5. The van der Waals surface area contributed by atoms with Crippen LogP contribution in [0.2, 0.25) is 10.0 Å². The summed E-state index contributed by atoms with van der Waals surface area (Å²) in [7, 11) is 2.06. The molecule has 2 aliphatic rings. The van der Waals surface area contributed by atoms with Crippen molar-refractivity contribution in [1.29, 1.82) is 0 Å². The van der Waals surface area contributed by atoms with Gasteiger partial charge in [0.2, 0.25) is 0 Å². The van der Waals surface area contributed by atoms with Gasteiger partial charge in [-0.1, -0.05) is 35.7 Å². The maximum absolute atomic E-state index is 6.37. The van der Waals surface area contributed by atoms with E-state index < -0.39 is 0 Å². The Morgan fingerprint density at radius 2 is 2.00 bits per heavy atom. The van der Waals surface area contributed by atoms with Crippen LogP contribution in [-0.4, -0.2) is 13.6 Å². The summed E-state index contributed by atoms with van der Waals surface area (Å²) in [6, 6.07) is 5.85. The highest BCUT2D eigenvalue weighted by Crippen LogP contribution is 2.57. The first-order valence-corrected chi connectivity index (χ1v) is 7.98. The first kappa shape index (κ1) is 13.7. The van der Waals surface area contributed by atoms with Crippen molar-refractivity contribution in [2.24, 2.45) is 17.3 Å². The molecule has 0 saturated heterocycles. The lowest BCUT2D eigenvalue weighted by Gasteiger charge is -2.38. The van der Waals surface area contributed by atoms with Crippen LogP contribution in [0.3, 0.4) is 0 Å². The topological polar surface area (TPSA) is 12.0 Å². The van der Waals surface area contributed by atoms with Gasteiger partial charge < -0.3 is 5.32 Å².